The summed E-state index contributed by atoms with van der Waals surface area (Å²) >= 11 is 0. The van der Waals surface area contributed by atoms with E-state index in [-0.39, 0.29) is 5.56 Å². The lowest BCUT2D eigenvalue weighted by molar-refractivity contribution is 0.183. The molecule has 0 bridgehead atoms. The van der Waals surface area contributed by atoms with Crippen LogP contribution in [0.1, 0.15) is 24.0 Å². The number of anilines is 1. The highest BCUT2D eigenvalue weighted by molar-refractivity contribution is 5.47. The molecule has 0 N–H and O–H groups in total. The van der Waals surface area contributed by atoms with E-state index >= 15 is 0 Å². The van der Waals surface area contributed by atoms with E-state index in [1.54, 1.807) is 10.7 Å². The van der Waals surface area contributed by atoms with Crippen LogP contribution in [0.4, 0.5) is 5.69 Å². The van der Waals surface area contributed by atoms with E-state index in [1.807, 2.05) is 6.20 Å². The Labute approximate surface area is 141 Å². The summed E-state index contributed by atoms with van der Waals surface area (Å²) in [4.78, 5) is 14.6. The molecular weight excluding hydrogens is 302 g/mol. The molecule has 5 heteroatoms. The minimum atomic E-state index is -0.00901. The monoisotopic (exact) mass is 325 g/mol. The lowest BCUT2D eigenvalue weighted by atomic mass is 10.00. The van der Waals surface area contributed by atoms with Gasteiger partial charge in [0, 0.05) is 38.9 Å². The number of rotatable bonds is 4. The fourth-order valence-electron chi connectivity index (χ4n) is 3.60. The zero-order chi connectivity index (χ0) is 16.4. The third-order valence-electron chi connectivity index (χ3n) is 5.12. The Morgan fingerprint density at radius 3 is 2.92 bits per heavy atom. The molecule has 1 fully saturated rings. The van der Waals surface area contributed by atoms with E-state index in [0.717, 1.165) is 51.3 Å². The number of fused-ring (bicyclic) bond motifs is 1. The van der Waals surface area contributed by atoms with Crippen molar-refractivity contribution in [3.8, 4) is 0 Å². The molecule has 2 aromatic rings. The number of hydrogen-bond acceptors (Lipinski definition) is 4. The van der Waals surface area contributed by atoms with Crippen molar-refractivity contribution in [1.82, 2.24) is 9.78 Å². The molecule has 0 radical (unpaired) electrons. The quantitative estimate of drug-likeness (QED) is 0.865. The van der Waals surface area contributed by atoms with Crippen molar-refractivity contribution in [2.24, 2.45) is 5.92 Å². The Hall–Kier alpha value is -2.14. The van der Waals surface area contributed by atoms with Gasteiger partial charge in [-0.1, -0.05) is 24.3 Å². The molecule has 0 amide bonds. The van der Waals surface area contributed by atoms with Gasteiger partial charge in [-0.05, 0) is 36.3 Å². The second kappa shape index (κ2) is 6.77. The van der Waals surface area contributed by atoms with Crippen LogP contribution in [0.5, 0.6) is 0 Å². The number of nitrogens with zero attached hydrogens (tertiary/aromatic N) is 3. The summed E-state index contributed by atoms with van der Waals surface area (Å²) in [6, 6.07) is 10.2. The third-order valence-corrected chi connectivity index (χ3v) is 5.12. The van der Waals surface area contributed by atoms with Gasteiger partial charge < -0.3 is 9.64 Å². The first-order chi connectivity index (χ1) is 11.8. The fourth-order valence-corrected chi connectivity index (χ4v) is 3.60. The van der Waals surface area contributed by atoms with Crippen molar-refractivity contribution in [3.63, 3.8) is 0 Å². The molecular formula is C19H23N3O2. The van der Waals surface area contributed by atoms with E-state index in [1.165, 1.54) is 11.1 Å². The number of ether oxygens (including phenoxy) is 1. The average molecular weight is 325 g/mol. The zero-order valence-corrected chi connectivity index (χ0v) is 13.9. The Morgan fingerprint density at radius 2 is 2.12 bits per heavy atom. The number of benzene rings is 1. The second-order valence-electron chi connectivity index (χ2n) is 6.73. The van der Waals surface area contributed by atoms with Crippen LogP contribution in [0.25, 0.3) is 0 Å². The topological polar surface area (TPSA) is 47.4 Å². The molecule has 3 heterocycles. The van der Waals surface area contributed by atoms with Crippen LogP contribution in [-0.4, -0.2) is 29.5 Å². The second-order valence-corrected chi connectivity index (χ2v) is 6.73. The standard InChI is InChI=1S/C19H23N3O2/c23-19-11-18(12-20-22(19)9-5-15-7-10-24-14-15)21-8-6-16-3-1-2-4-17(16)13-21/h1-4,11-12,15H,5-10,13-14H2/t15-/m1/s1. The summed E-state index contributed by atoms with van der Waals surface area (Å²) in [5.74, 6) is 0.567. The highest BCUT2D eigenvalue weighted by Gasteiger charge is 2.18. The lowest BCUT2D eigenvalue weighted by Gasteiger charge is -2.30. The van der Waals surface area contributed by atoms with Gasteiger partial charge in [0.05, 0.1) is 11.9 Å². The fraction of sp³-hybridized carbons (Fsp3) is 0.474. The Bertz CT molecular complexity index is 765. The molecule has 4 rings (SSSR count). The van der Waals surface area contributed by atoms with Crippen LogP contribution in [0.3, 0.4) is 0 Å². The normalized spacial score (nSPS) is 20.2. The van der Waals surface area contributed by atoms with Crippen molar-refractivity contribution in [2.45, 2.75) is 32.4 Å². The van der Waals surface area contributed by atoms with E-state index in [9.17, 15) is 4.79 Å². The van der Waals surface area contributed by atoms with Crippen LogP contribution in [0.15, 0.2) is 41.3 Å². The van der Waals surface area contributed by atoms with Gasteiger partial charge in [0.1, 0.15) is 0 Å². The first-order valence-corrected chi connectivity index (χ1v) is 8.76. The van der Waals surface area contributed by atoms with E-state index in [0.29, 0.717) is 12.5 Å². The Morgan fingerprint density at radius 1 is 1.25 bits per heavy atom. The highest BCUT2D eigenvalue weighted by Crippen LogP contribution is 2.23. The molecule has 0 saturated carbocycles. The predicted molar refractivity (Wildman–Crippen MR) is 93.2 cm³/mol. The lowest BCUT2D eigenvalue weighted by Crippen LogP contribution is -2.32. The molecule has 0 spiro atoms. The molecule has 1 aromatic heterocycles. The van der Waals surface area contributed by atoms with Crippen LogP contribution in [0, 0.1) is 5.92 Å². The van der Waals surface area contributed by atoms with Gasteiger partial charge in [-0.25, -0.2) is 4.68 Å². The van der Waals surface area contributed by atoms with Crippen molar-refractivity contribution in [3.05, 3.63) is 58.0 Å². The van der Waals surface area contributed by atoms with Crippen LogP contribution >= 0.6 is 0 Å². The highest BCUT2D eigenvalue weighted by atomic mass is 16.5. The molecule has 0 aliphatic carbocycles. The summed E-state index contributed by atoms with van der Waals surface area (Å²) in [6.07, 6.45) is 4.91. The first kappa shape index (κ1) is 15.4. The van der Waals surface area contributed by atoms with Gasteiger partial charge in [-0.3, -0.25) is 4.79 Å². The van der Waals surface area contributed by atoms with E-state index in [4.69, 9.17) is 4.74 Å². The molecule has 0 unspecified atom stereocenters. The molecule has 1 aromatic carbocycles. The van der Waals surface area contributed by atoms with Crippen molar-refractivity contribution in [2.75, 3.05) is 24.7 Å². The van der Waals surface area contributed by atoms with Gasteiger partial charge in [0.15, 0.2) is 0 Å². The maximum absolute atomic E-state index is 12.4. The Kier molecular flexibility index (Phi) is 4.34. The SMILES string of the molecule is O=c1cc(N2CCc3ccccc3C2)cnn1CC[C@@H]1CCOC1. The molecule has 1 atom stereocenters. The molecule has 1 saturated heterocycles. The summed E-state index contributed by atoms with van der Waals surface area (Å²) < 4.78 is 6.97. The van der Waals surface area contributed by atoms with E-state index < -0.39 is 0 Å². The van der Waals surface area contributed by atoms with Gasteiger partial charge in [0.2, 0.25) is 0 Å². The molecule has 24 heavy (non-hydrogen) atoms. The smallest absolute Gasteiger partial charge is 0.268 e. The van der Waals surface area contributed by atoms with Crippen molar-refractivity contribution >= 4 is 5.69 Å². The summed E-state index contributed by atoms with van der Waals surface area (Å²) in [5, 5.41) is 4.39. The minimum Gasteiger partial charge on any atom is -0.381 e. The van der Waals surface area contributed by atoms with Gasteiger partial charge in [-0.2, -0.15) is 5.10 Å². The van der Waals surface area contributed by atoms with Crippen LogP contribution in [-0.2, 0) is 24.2 Å². The molecule has 126 valence electrons. The maximum Gasteiger partial charge on any atom is 0.268 e. The van der Waals surface area contributed by atoms with Crippen LogP contribution in [0.2, 0.25) is 0 Å². The number of hydrogen-bond donors (Lipinski definition) is 0. The van der Waals surface area contributed by atoms with Crippen molar-refractivity contribution in [1.29, 1.82) is 0 Å². The van der Waals surface area contributed by atoms with Gasteiger partial charge in [-0.15, -0.1) is 0 Å². The Balaban J connectivity index is 1.45. The number of aromatic nitrogens is 2. The summed E-state index contributed by atoms with van der Waals surface area (Å²) in [5.41, 5.74) is 3.67. The molecule has 2 aliphatic heterocycles. The summed E-state index contributed by atoms with van der Waals surface area (Å²) in [6.45, 7) is 4.13. The first-order valence-electron chi connectivity index (χ1n) is 8.76. The predicted octanol–water partition coefficient (Wildman–Crippen LogP) is 2.23. The largest absolute Gasteiger partial charge is 0.381 e. The maximum atomic E-state index is 12.4. The third kappa shape index (κ3) is 3.22. The van der Waals surface area contributed by atoms with Crippen molar-refractivity contribution < 1.29 is 4.74 Å². The molecule has 2 aliphatic rings. The molecule has 5 nitrogen and oxygen atoms in total. The van der Waals surface area contributed by atoms with Gasteiger partial charge >= 0.3 is 0 Å². The summed E-state index contributed by atoms with van der Waals surface area (Å²) in [7, 11) is 0. The minimum absolute atomic E-state index is 0.00901. The average Bonchev–Trinajstić information content (AvgIpc) is 3.14. The zero-order valence-electron chi connectivity index (χ0n) is 13.9. The van der Waals surface area contributed by atoms with Gasteiger partial charge in [0.25, 0.3) is 5.56 Å². The van der Waals surface area contributed by atoms with Crippen LogP contribution < -0.4 is 10.5 Å². The number of aryl methyl sites for hydroxylation is 1. The van der Waals surface area contributed by atoms with E-state index in [2.05, 4.69) is 34.3 Å².